The standard InChI is InChI=1S/C15H18F3N/c1-10-8-14(10,9-19-13-5-6-13)11-3-2-4-12(7-11)15(16,17)18/h2-4,7,10,13,19H,5-6,8-9H2,1H3. The summed E-state index contributed by atoms with van der Waals surface area (Å²) in [6.07, 6.45) is -0.868. The van der Waals surface area contributed by atoms with Crippen molar-refractivity contribution in [1.29, 1.82) is 0 Å². The molecular formula is C15H18F3N. The van der Waals surface area contributed by atoms with E-state index in [4.69, 9.17) is 0 Å². The second-order valence-corrected chi connectivity index (χ2v) is 6.00. The van der Waals surface area contributed by atoms with Gasteiger partial charge in [-0.3, -0.25) is 0 Å². The molecule has 0 aromatic heterocycles. The summed E-state index contributed by atoms with van der Waals surface area (Å²) in [6.45, 7) is 2.93. The van der Waals surface area contributed by atoms with Gasteiger partial charge in [0.2, 0.25) is 0 Å². The summed E-state index contributed by atoms with van der Waals surface area (Å²) in [6, 6.07) is 6.45. The van der Waals surface area contributed by atoms with Crippen LogP contribution in [0.15, 0.2) is 24.3 Å². The fourth-order valence-electron chi connectivity index (χ4n) is 2.86. The molecule has 2 aliphatic carbocycles. The molecule has 1 nitrogen and oxygen atoms in total. The van der Waals surface area contributed by atoms with E-state index >= 15 is 0 Å². The van der Waals surface area contributed by atoms with Crippen molar-refractivity contribution in [3.05, 3.63) is 35.4 Å². The monoisotopic (exact) mass is 269 g/mol. The average molecular weight is 269 g/mol. The van der Waals surface area contributed by atoms with Crippen LogP contribution >= 0.6 is 0 Å². The largest absolute Gasteiger partial charge is 0.416 e. The van der Waals surface area contributed by atoms with E-state index in [2.05, 4.69) is 12.2 Å². The van der Waals surface area contributed by atoms with Crippen LogP contribution in [-0.2, 0) is 11.6 Å². The van der Waals surface area contributed by atoms with Crippen molar-refractivity contribution in [2.75, 3.05) is 6.54 Å². The molecule has 2 aliphatic rings. The Morgan fingerprint density at radius 3 is 2.53 bits per heavy atom. The molecule has 2 atom stereocenters. The van der Waals surface area contributed by atoms with E-state index < -0.39 is 11.7 Å². The average Bonchev–Trinajstić information content (AvgIpc) is 3.23. The lowest BCUT2D eigenvalue weighted by Crippen LogP contribution is -2.30. The zero-order chi connectivity index (χ0) is 13.7. The molecule has 4 heteroatoms. The Bertz CT molecular complexity index is 479. The van der Waals surface area contributed by atoms with Gasteiger partial charge in [-0.2, -0.15) is 13.2 Å². The summed E-state index contributed by atoms with van der Waals surface area (Å²) in [7, 11) is 0. The summed E-state index contributed by atoms with van der Waals surface area (Å²) in [4.78, 5) is 0. The number of nitrogens with one attached hydrogen (secondary N) is 1. The zero-order valence-electron chi connectivity index (χ0n) is 10.9. The summed E-state index contributed by atoms with van der Waals surface area (Å²) in [5.41, 5.74) is 0.224. The van der Waals surface area contributed by atoms with E-state index in [1.54, 1.807) is 0 Å². The Morgan fingerprint density at radius 1 is 1.32 bits per heavy atom. The Kier molecular flexibility index (Phi) is 2.89. The molecule has 0 bridgehead atoms. The lowest BCUT2D eigenvalue weighted by atomic mass is 9.92. The summed E-state index contributed by atoms with van der Waals surface area (Å²) in [5.74, 6) is 0.460. The van der Waals surface area contributed by atoms with Crippen LogP contribution in [0.4, 0.5) is 13.2 Å². The Labute approximate surface area is 111 Å². The van der Waals surface area contributed by atoms with Gasteiger partial charge in [-0.05, 0) is 36.8 Å². The van der Waals surface area contributed by atoms with Gasteiger partial charge in [0.15, 0.2) is 0 Å². The molecule has 1 N–H and O–H groups in total. The van der Waals surface area contributed by atoms with Crippen LogP contribution in [0.2, 0.25) is 0 Å². The molecule has 0 spiro atoms. The molecule has 0 radical (unpaired) electrons. The van der Waals surface area contributed by atoms with Gasteiger partial charge in [-0.1, -0.05) is 25.1 Å². The highest BCUT2D eigenvalue weighted by atomic mass is 19.4. The van der Waals surface area contributed by atoms with Crippen molar-refractivity contribution in [2.45, 2.75) is 43.8 Å². The maximum atomic E-state index is 12.8. The van der Waals surface area contributed by atoms with Crippen molar-refractivity contribution < 1.29 is 13.2 Å². The van der Waals surface area contributed by atoms with Crippen LogP contribution in [0.3, 0.4) is 0 Å². The molecule has 104 valence electrons. The first-order chi connectivity index (χ1) is 8.92. The first kappa shape index (κ1) is 13.0. The third-order valence-corrected chi connectivity index (χ3v) is 4.50. The van der Waals surface area contributed by atoms with Crippen molar-refractivity contribution in [2.24, 2.45) is 5.92 Å². The van der Waals surface area contributed by atoms with Crippen LogP contribution in [0, 0.1) is 5.92 Å². The number of rotatable bonds is 4. The van der Waals surface area contributed by atoms with Crippen molar-refractivity contribution in [1.82, 2.24) is 5.32 Å². The van der Waals surface area contributed by atoms with Crippen LogP contribution in [0.1, 0.15) is 37.3 Å². The second kappa shape index (κ2) is 4.23. The predicted octanol–water partition coefficient (Wildman–Crippen LogP) is 3.74. The maximum absolute atomic E-state index is 12.8. The predicted molar refractivity (Wildman–Crippen MR) is 67.9 cm³/mol. The van der Waals surface area contributed by atoms with Gasteiger partial charge in [-0.15, -0.1) is 0 Å². The zero-order valence-corrected chi connectivity index (χ0v) is 10.9. The SMILES string of the molecule is CC1CC1(CNC1CC1)c1cccc(C(F)(F)F)c1. The highest BCUT2D eigenvalue weighted by Gasteiger charge is 2.52. The van der Waals surface area contributed by atoms with Gasteiger partial charge in [0.1, 0.15) is 0 Å². The first-order valence-corrected chi connectivity index (χ1v) is 6.83. The van der Waals surface area contributed by atoms with Gasteiger partial charge in [0, 0.05) is 18.0 Å². The number of hydrogen-bond donors (Lipinski definition) is 1. The molecular weight excluding hydrogens is 251 g/mol. The van der Waals surface area contributed by atoms with Crippen LogP contribution in [-0.4, -0.2) is 12.6 Å². The molecule has 19 heavy (non-hydrogen) atoms. The summed E-state index contributed by atoms with van der Waals surface area (Å²) in [5, 5.41) is 3.47. The number of alkyl halides is 3. The van der Waals surface area contributed by atoms with E-state index in [1.165, 1.54) is 25.0 Å². The molecule has 1 aromatic carbocycles. The topological polar surface area (TPSA) is 12.0 Å². The quantitative estimate of drug-likeness (QED) is 0.878. The normalized spacial score (nSPS) is 30.4. The molecule has 1 aromatic rings. The third-order valence-electron chi connectivity index (χ3n) is 4.50. The van der Waals surface area contributed by atoms with E-state index in [0.717, 1.165) is 24.6 Å². The summed E-state index contributed by atoms with van der Waals surface area (Å²) < 4.78 is 38.3. The summed E-state index contributed by atoms with van der Waals surface area (Å²) >= 11 is 0. The Balaban J connectivity index is 1.83. The fraction of sp³-hybridized carbons (Fsp3) is 0.600. The van der Waals surface area contributed by atoms with Crippen LogP contribution in [0.5, 0.6) is 0 Å². The molecule has 2 unspecified atom stereocenters. The van der Waals surface area contributed by atoms with Crippen LogP contribution in [0.25, 0.3) is 0 Å². The van der Waals surface area contributed by atoms with E-state index in [-0.39, 0.29) is 5.41 Å². The molecule has 2 saturated carbocycles. The van der Waals surface area contributed by atoms with Crippen LogP contribution < -0.4 is 5.32 Å². The lowest BCUT2D eigenvalue weighted by molar-refractivity contribution is -0.137. The van der Waals surface area contributed by atoms with E-state index in [1.807, 2.05) is 6.07 Å². The van der Waals surface area contributed by atoms with Gasteiger partial charge >= 0.3 is 6.18 Å². The van der Waals surface area contributed by atoms with Gasteiger partial charge in [0.25, 0.3) is 0 Å². The van der Waals surface area contributed by atoms with Gasteiger partial charge in [-0.25, -0.2) is 0 Å². The van der Waals surface area contributed by atoms with Gasteiger partial charge in [0.05, 0.1) is 5.56 Å². The smallest absolute Gasteiger partial charge is 0.313 e. The minimum Gasteiger partial charge on any atom is -0.313 e. The highest BCUT2D eigenvalue weighted by molar-refractivity contribution is 5.38. The Hall–Kier alpha value is -1.03. The second-order valence-electron chi connectivity index (χ2n) is 6.00. The Morgan fingerprint density at radius 2 is 2.00 bits per heavy atom. The van der Waals surface area contributed by atoms with Crippen molar-refractivity contribution >= 4 is 0 Å². The maximum Gasteiger partial charge on any atom is 0.416 e. The first-order valence-electron chi connectivity index (χ1n) is 6.83. The highest BCUT2D eigenvalue weighted by Crippen LogP contribution is 2.54. The van der Waals surface area contributed by atoms with E-state index in [9.17, 15) is 13.2 Å². The lowest BCUT2D eigenvalue weighted by Gasteiger charge is -2.19. The van der Waals surface area contributed by atoms with Crippen molar-refractivity contribution in [3.63, 3.8) is 0 Å². The minimum atomic E-state index is -4.25. The molecule has 0 saturated heterocycles. The van der Waals surface area contributed by atoms with Gasteiger partial charge < -0.3 is 5.32 Å². The van der Waals surface area contributed by atoms with Crippen molar-refractivity contribution in [3.8, 4) is 0 Å². The molecule has 0 amide bonds. The number of hydrogen-bond acceptors (Lipinski definition) is 1. The number of halogens is 3. The molecule has 0 heterocycles. The fourth-order valence-corrected chi connectivity index (χ4v) is 2.86. The van der Waals surface area contributed by atoms with E-state index in [0.29, 0.717) is 12.0 Å². The molecule has 0 aliphatic heterocycles. The molecule has 3 rings (SSSR count). The number of benzene rings is 1. The minimum absolute atomic E-state index is 0.0795. The molecule has 2 fully saturated rings. The third kappa shape index (κ3) is 2.50.